The number of allylic oxidation sites excluding steroid dienone is 1. The average Bonchev–Trinajstić information content (AvgIpc) is 2.37. The van der Waals surface area contributed by atoms with E-state index in [0.717, 1.165) is 12.8 Å². The highest BCUT2D eigenvalue weighted by molar-refractivity contribution is 5.89. The van der Waals surface area contributed by atoms with Gasteiger partial charge in [-0.15, -0.1) is 0 Å². The van der Waals surface area contributed by atoms with Crippen LogP contribution in [0, 0.1) is 0 Å². The lowest BCUT2D eigenvalue weighted by Gasteiger charge is -2.18. The third-order valence-electron chi connectivity index (χ3n) is 2.46. The lowest BCUT2D eigenvalue weighted by molar-refractivity contribution is -0.139. The Morgan fingerprint density at radius 3 is 2.67 bits per heavy atom. The predicted octanol–water partition coefficient (Wildman–Crippen LogP) is 2.72. The summed E-state index contributed by atoms with van der Waals surface area (Å²) in [6.07, 6.45) is 3.53. The summed E-state index contributed by atoms with van der Waals surface area (Å²) in [5.41, 5.74) is 0.443. The van der Waals surface area contributed by atoms with Gasteiger partial charge >= 0.3 is 12.1 Å². The maximum absolute atomic E-state index is 11.7. The SMILES string of the molecule is C=CCOC(=O)OC1=C(C(=O)OCC)CCCC1. The van der Waals surface area contributed by atoms with E-state index >= 15 is 0 Å². The zero-order valence-corrected chi connectivity index (χ0v) is 10.6. The molecule has 5 heteroatoms. The number of hydrogen-bond acceptors (Lipinski definition) is 5. The molecular formula is C13H18O5. The first kappa shape index (κ1) is 14.3. The molecule has 0 saturated carbocycles. The van der Waals surface area contributed by atoms with Gasteiger partial charge in [0.1, 0.15) is 12.4 Å². The van der Waals surface area contributed by atoms with Gasteiger partial charge in [-0.1, -0.05) is 12.7 Å². The van der Waals surface area contributed by atoms with Crippen LogP contribution in [0.1, 0.15) is 32.6 Å². The van der Waals surface area contributed by atoms with Crippen LogP contribution in [0.2, 0.25) is 0 Å². The summed E-state index contributed by atoms with van der Waals surface area (Å²) in [6, 6.07) is 0. The molecule has 0 N–H and O–H groups in total. The molecular weight excluding hydrogens is 236 g/mol. The van der Waals surface area contributed by atoms with Gasteiger partial charge in [0.15, 0.2) is 0 Å². The summed E-state index contributed by atoms with van der Waals surface area (Å²) in [4.78, 5) is 23.0. The van der Waals surface area contributed by atoms with Crippen LogP contribution in [0.5, 0.6) is 0 Å². The average molecular weight is 254 g/mol. The minimum absolute atomic E-state index is 0.0842. The van der Waals surface area contributed by atoms with Crippen molar-refractivity contribution in [1.29, 1.82) is 0 Å². The van der Waals surface area contributed by atoms with E-state index in [1.54, 1.807) is 6.92 Å². The van der Waals surface area contributed by atoms with Gasteiger partial charge in [0.2, 0.25) is 0 Å². The van der Waals surface area contributed by atoms with E-state index < -0.39 is 12.1 Å². The van der Waals surface area contributed by atoms with Gasteiger partial charge in [-0.2, -0.15) is 0 Å². The summed E-state index contributed by atoms with van der Waals surface area (Å²) >= 11 is 0. The molecule has 0 atom stereocenters. The number of hydrogen-bond donors (Lipinski definition) is 0. The number of rotatable bonds is 5. The highest BCUT2D eigenvalue weighted by Gasteiger charge is 2.23. The van der Waals surface area contributed by atoms with Crippen molar-refractivity contribution in [3.05, 3.63) is 24.0 Å². The van der Waals surface area contributed by atoms with Gasteiger partial charge in [0.25, 0.3) is 0 Å². The lowest BCUT2D eigenvalue weighted by atomic mass is 9.98. The number of carbonyl (C=O) groups is 2. The number of esters is 1. The van der Waals surface area contributed by atoms with Gasteiger partial charge < -0.3 is 14.2 Å². The first-order chi connectivity index (χ1) is 8.69. The third-order valence-corrected chi connectivity index (χ3v) is 2.46. The van der Waals surface area contributed by atoms with E-state index in [1.165, 1.54) is 6.08 Å². The molecule has 0 saturated heterocycles. The molecule has 0 aromatic heterocycles. The maximum Gasteiger partial charge on any atom is 0.513 e. The fourth-order valence-electron chi connectivity index (χ4n) is 1.68. The van der Waals surface area contributed by atoms with Crippen LogP contribution in [-0.4, -0.2) is 25.3 Å². The van der Waals surface area contributed by atoms with Crippen LogP contribution in [0.4, 0.5) is 4.79 Å². The van der Waals surface area contributed by atoms with Crippen molar-refractivity contribution in [2.24, 2.45) is 0 Å². The topological polar surface area (TPSA) is 61.8 Å². The van der Waals surface area contributed by atoms with Gasteiger partial charge in [0.05, 0.1) is 12.2 Å². The van der Waals surface area contributed by atoms with Crippen molar-refractivity contribution < 1.29 is 23.8 Å². The minimum atomic E-state index is -0.811. The lowest BCUT2D eigenvalue weighted by Crippen LogP contribution is -2.17. The molecule has 0 radical (unpaired) electrons. The fourth-order valence-corrected chi connectivity index (χ4v) is 1.68. The van der Waals surface area contributed by atoms with Crippen LogP contribution in [0.15, 0.2) is 24.0 Å². The standard InChI is InChI=1S/C13H18O5/c1-3-9-17-13(15)18-11-8-6-5-7-10(11)12(14)16-4-2/h3H,1,4-9H2,2H3. The quantitative estimate of drug-likeness (QED) is 0.557. The summed E-state index contributed by atoms with van der Waals surface area (Å²) in [5, 5.41) is 0. The van der Waals surface area contributed by atoms with Crippen LogP contribution in [-0.2, 0) is 19.0 Å². The molecule has 0 bridgehead atoms. The first-order valence-electron chi connectivity index (χ1n) is 6.03. The van der Waals surface area contributed by atoms with Crippen molar-refractivity contribution in [3.63, 3.8) is 0 Å². The normalized spacial score (nSPS) is 14.9. The molecule has 100 valence electrons. The van der Waals surface area contributed by atoms with E-state index in [9.17, 15) is 9.59 Å². The molecule has 1 rings (SSSR count). The van der Waals surface area contributed by atoms with Gasteiger partial charge in [0, 0.05) is 6.42 Å². The van der Waals surface area contributed by atoms with Crippen molar-refractivity contribution in [1.82, 2.24) is 0 Å². The Kier molecular flexibility index (Phi) is 5.97. The summed E-state index contributed by atoms with van der Waals surface area (Å²) in [7, 11) is 0. The van der Waals surface area contributed by atoms with E-state index in [4.69, 9.17) is 14.2 Å². The third kappa shape index (κ3) is 4.24. The minimum Gasteiger partial charge on any atom is -0.463 e. The predicted molar refractivity (Wildman–Crippen MR) is 64.8 cm³/mol. The molecule has 18 heavy (non-hydrogen) atoms. The number of carbonyl (C=O) groups excluding carboxylic acids is 2. The zero-order chi connectivity index (χ0) is 13.4. The van der Waals surface area contributed by atoms with Crippen LogP contribution in [0.25, 0.3) is 0 Å². The van der Waals surface area contributed by atoms with Crippen molar-refractivity contribution in [3.8, 4) is 0 Å². The molecule has 0 spiro atoms. The van der Waals surface area contributed by atoms with Gasteiger partial charge in [-0.05, 0) is 26.2 Å². The molecule has 0 unspecified atom stereocenters. The van der Waals surface area contributed by atoms with E-state index in [2.05, 4.69) is 6.58 Å². The Labute approximate surface area is 106 Å². The fraction of sp³-hybridized carbons (Fsp3) is 0.538. The molecule has 0 aromatic rings. The van der Waals surface area contributed by atoms with Gasteiger partial charge in [-0.25, -0.2) is 9.59 Å². The van der Waals surface area contributed by atoms with Gasteiger partial charge in [-0.3, -0.25) is 0 Å². The highest BCUT2D eigenvalue weighted by Crippen LogP contribution is 2.26. The summed E-state index contributed by atoms with van der Waals surface area (Å²) < 4.78 is 14.7. The Hall–Kier alpha value is -1.78. The second kappa shape index (κ2) is 7.53. The summed E-state index contributed by atoms with van der Waals surface area (Å²) in [5.74, 6) is -0.0440. The second-order valence-electron chi connectivity index (χ2n) is 3.78. The molecule has 0 aliphatic heterocycles. The first-order valence-corrected chi connectivity index (χ1v) is 6.03. The second-order valence-corrected chi connectivity index (χ2v) is 3.78. The molecule has 0 heterocycles. The van der Waals surface area contributed by atoms with Crippen LogP contribution in [0.3, 0.4) is 0 Å². The highest BCUT2D eigenvalue weighted by atomic mass is 16.7. The van der Waals surface area contributed by atoms with E-state index in [1.807, 2.05) is 0 Å². The molecule has 1 aliphatic carbocycles. The maximum atomic E-state index is 11.7. The molecule has 0 amide bonds. The Bertz CT molecular complexity index is 356. The monoisotopic (exact) mass is 254 g/mol. The van der Waals surface area contributed by atoms with Crippen molar-refractivity contribution >= 4 is 12.1 Å². The number of ether oxygens (including phenoxy) is 3. The van der Waals surface area contributed by atoms with Crippen molar-refractivity contribution in [2.45, 2.75) is 32.6 Å². The summed E-state index contributed by atoms with van der Waals surface area (Å²) in [6.45, 7) is 5.55. The largest absolute Gasteiger partial charge is 0.513 e. The smallest absolute Gasteiger partial charge is 0.463 e. The Morgan fingerprint density at radius 2 is 2.00 bits per heavy atom. The Balaban J connectivity index is 2.69. The Morgan fingerprint density at radius 1 is 1.28 bits per heavy atom. The van der Waals surface area contributed by atoms with Crippen molar-refractivity contribution in [2.75, 3.05) is 13.2 Å². The van der Waals surface area contributed by atoms with E-state index in [0.29, 0.717) is 30.8 Å². The van der Waals surface area contributed by atoms with Crippen LogP contribution < -0.4 is 0 Å². The molecule has 0 fully saturated rings. The van der Waals surface area contributed by atoms with Crippen LogP contribution >= 0.6 is 0 Å². The zero-order valence-electron chi connectivity index (χ0n) is 10.6. The molecule has 5 nitrogen and oxygen atoms in total. The molecule has 0 aromatic carbocycles. The van der Waals surface area contributed by atoms with E-state index in [-0.39, 0.29) is 6.61 Å². The molecule has 1 aliphatic rings.